The Labute approximate surface area is 111 Å². The zero-order chi connectivity index (χ0) is 13.1. The van der Waals surface area contributed by atoms with Crippen LogP contribution in [0.4, 0.5) is 0 Å². The fourth-order valence-electron chi connectivity index (χ4n) is 1.79. The lowest BCUT2D eigenvalue weighted by molar-refractivity contribution is 0.103. The molecule has 0 radical (unpaired) electrons. The van der Waals surface area contributed by atoms with Crippen molar-refractivity contribution in [2.75, 3.05) is 7.11 Å². The number of carbonyl (C=O) groups is 1. The monoisotopic (exact) mass is 260 g/mol. The number of carbonyl (C=O) groups excluding carboxylic acids is 1. The summed E-state index contributed by atoms with van der Waals surface area (Å²) in [4.78, 5) is 12.2. The average molecular weight is 261 g/mol. The first-order chi connectivity index (χ1) is 8.61. The van der Waals surface area contributed by atoms with E-state index in [2.05, 4.69) is 0 Å². The molecule has 2 aromatic rings. The number of rotatable bonds is 3. The molecule has 0 aliphatic rings. The highest BCUT2D eigenvalue weighted by molar-refractivity contribution is 6.30. The minimum atomic E-state index is -0.0163. The summed E-state index contributed by atoms with van der Waals surface area (Å²) in [6.45, 7) is 1.91. The number of ketones is 1. The summed E-state index contributed by atoms with van der Waals surface area (Å²) in [6, 6.07) is 12.3. The van der Waals surface area contributed by atoms with E-state index < -0.39 is 0 Å². The second kappa shape index (κ2) is 5.23. The van der Waals surface area contributed by atoms with Crippen molar-refractivity contribution in [3.63, 3.8) is 0 Å². The maximum atomic E-state index is 12.2. The summed E-state index contributed by atoms with van der Waals surface area (Å²) in [7, 11) is 1.61. The molecule has 0 bridgehead atoms. The van der Waals surface area contributed by atoms with E-state index in [9.17, 15) is 4.79 Å². The van der Waals surface area contributed by atoms with Gasteiger partial charge in [0, 0.05) is 16.1 Å². The Balaban J connectivity index is 2.34. The molecular weight excluding hydrogens is 248 g/mol. The van der Waals surface area contributed by atoms with Gasteiger partial charge in [-0.15, -0.1) is 0 Å². The van der Waals surface area contributed by atoms with Crippen LogP contribution in [0.15, 0.2) is 42.5 Å². The van der Waals surface area contributed by atoms with E-state index >= 15 is 0 Å². The SMILES string of the molecule is COc1ccc(C(=O)c2ccc(Cl)cc2)cc1C. The maximum Gasteiger partial charge on any atom is 0.193 e. The van der Waals surface area contributed by atoms with Crippen LogP contribution in [0.3, 0.4) is 0 Å². The van der Waals surface area contributed by atoms with E-state index in [1.807, 2.05) is 13.0 Å². The lowest BCUT2D eigenvalue weighted by atomic mass is 10.0. The molecule has 0 amide bonds. The van der Waals surface area contributed by atoms with E-state index in [1.165, 1.54) is 0 Å². The number of hydrogen-bond donors (Lipinski definition) is 0. The van der Waals surface area contributed by atoms with Crippen molar-refractivity contribution >= 4 is 17.4 Å². The van der Waals surface area contributed by atoms with Gasteiger partial charge in [-0.3, -0.25) is 4.79 Å². The summed E-state index contributed by atoms with van der Waals surface area (Å²) in [5, 5.41) is 0.623. The van der Waals surface area contributed by atoms with Crippen molar-refractivity contribution < 1.29 is 9.53 Å². The molecule has 0 aliphatic heterocycles. The molecule has 0 aromatic heterocycles. The van der Waals surface area contributed by atoms with Crippen molar-refractivity contribution in [1.29, 1.82) is 0 Å². The highest BCUT2D eigenvalue weighted by Crippen LogP contribution is 2.21. The maximum absolute atomic E-state index is 12.2. The molecule has 0 aliphatic carbocycles. The standard InChI is InChI=1S/C15H13ClO2/c1-10-9-12(5-8-14(10)18-2)15(17)11-3-6-13(16)7-4-11/h3-9H,1-2H3. The normalized spacial score (nSPS) is 10.2. The Bertz CT molecular complexity index is 574. The van der Waals surface area contributed by atoms with Gasteiger partial charge in [0.15, 0.2) is 5.78 Å². The van der Waals surface area contributed by atoms with Crippen LogP contribution < -0.4 is 4.74 Å². The van der Waals surface area contributed by atoms with Gasteiger partial charge in [0.1, 0.15) is 5.75 Å². The smallest absolute Gasteiger partial charge is 0.193 e. The number of methoxy groups -OCH3 is 1. The molecule has 0 atom stereocenters. The molecular formula is C15H13ClO2. The summed E-state index contributed by atoms with van der Waals surface area (Å²) >= 11 is 5.80. The quantitative estimate of drug-likeness (QED) is 0.783. The van der Waals surface area contributed by atoms with Gasteiger partial charge in [-0.25, -0.2) is 0 Å². The summed E-state index contributed by atoms with van der Waals surface area (Å²) in [6.07, 6.45) is 0. The predicted octanol–water partition coefficient (Wildman–Crippen LogP) is 3.89. The van der Waals surface area contributed by atoms with E-state index in [0.717, 1.165) is 11.3 Å². The molecule has 0 saturated heterocycles. The molecule has 0 N–H and O–H groups in total. The number of benzene rings is 2. The molecule has 92 valence electrons. The van der Waals surface area contributed by atoms with Gasteiger partial charge < -0.3 is 4.74 Å². The van der Waals surface area contributed by atoms with Crippen molar-refractivity contribution in [3.05, 3.63) is 64.2 Å². The van der Waals surface area contributed by atoms with Gasteiger partial charge in [-0.2, -0.15) is 0 Å². The van der Waals surface area contributed by atoms with Crippen LogP contribution in [0.5, 0.6) is 5.75 Å². The molecule has 3 heteroatoms. The molecule has 2 nitrogen and oxygen atoms in total. The van der Waals surface area contributed by atoms with Crippen LogP contribution >= 0.6 is 11.6 Å². The molecule has 0 saturated carbocycles. The second-order valence-corrected chi connectivity index (χ2v) is 4.46. The fraction of sp³-hybridized carbons (Fsp3) is 0.133. The Morgan fingerprint density at radius 3 is 2.22 bits per heavy atom. The molecule has 0 spiro atoms. The van der Waals surface area contributed by atoms with Crippen LogP contribution in [-0.2, 0) is 0 Å². The van der Waals surface area contributed by atoms with Gasteiger partial charge in [0.2, 0.25) is 0 Å². The summed E-state index contributed by atoms with van der Waals surface area (Å²) in [5.74, 6) is 0.764. The van der Waals surface area contributed by atoms with Gasteiger partial charge in [-0.05, 0) is 55.0 Å². The Hall–Kier alpha value is -1.80. The van der Waals surface area contributed by atoms with Crippen molar-refractivity contribution in [2.24, 2.45) is 0 Å². The van der Waals surface area contributed by atoms with Gasteiger partial charge >= 0.3 is 0 Å². The first kappa shape index (κ1) is 12.7. The lowest BCUT2D eigenvalue weighted by Gasteiger charge is -2.07. The second-order valence-electron chi connectivity index (χ2n) is 4.02. The van der Waals surface area contributed by atoms with Gasteiger partial charge in [0.25, 0.3) is 0 Å². The Morgan fingerprint density at radius 2 is 1.67 bits per heavy atom. The van der Waals surface area contributed by atoms with Crippen LogP contribution in [0.1, 0.15) is 21.5 Å². The van der Waals surface area contributed by atoms with Crippen LogP contribution in [0, 0.1) is 6.92 Å². The zero-order valence-corrected chi connectivity index (χ0v) is 11.0. The zero-order valence-electron chi connectivity index (χ0n) is 10.2. The van der Waals surface area contributed by atoms with Crippen LogP contribution in [0.2, 0.25) is 5.02 Å². The van der Waals surface area contributed by atoms with E-state index in [1.54, 1.807) is 43.5 Å². The Kier molecular flexibility index (Phi) is 3.68. The van der Waals surface area contributed by atoms with Crippen LogP contribution in [-0.4, -0.2) is 12.9 Å². The third-order valence-corrected chi connectivity index (χ3v) is 3.02. The fourth-order valence-corrected chi connectivity index (χ4v) is 1.91. The minimum absolute atomic E-state index is 0.0163. The van der Waals surface area contributed by atoms with Gasteiger partial charge in [-0.1, -0.05) is 11.6 Å². The third kappa shape index (κ3) is 2.54. The lowest BCUT2D eigenvalue weighted by Crippen LogP contribution is -2.01. The Morgan fingerprint density at radius 1 is 1.06 bits per heavy atom. The highest BCUT2D eigenvalue weighted by atomic mass is 35.5. The molecule has 2 aromatic carbocycles. The largest absolute Gasteiger partial charge is 0.496 e. The number of ether oxygens (including phenoxy) is 1. The first-order valence-electron chi connectivity index (χ1n) is 5.56. The van der Waals surface area contributed by atoms with E-state index in [4.69, 9.17) is 16.3 Å². The van der Waals surface area contributed by atoms with Crippen molar-refractivity contribution in [1.82, 2.24) is 0 Å². The van der Waals surface area contributed by atoms with E-state index in [-0.39, 0.29) is 5.78 Å². The number of halogens is 1. The predicted molar refractivity (Wildman–Crippen MR) is 72.6 cm³/mol. The van der Waals surface area contributed by atoms with Gasteiger partial charge in [0.05, 0.1) is 7.11 Å². The molecule has 2 rings (SSSR count). The number of aryl methyl sites for hydroxylation is 1. The van der Waals surface area contributed by atoms with E-state index in [0.29, 0.717) is 16.1 Å². The molecule has 0 heterocycles. The van der Waals surface area contributed by atoms with Crippen molar-refractivity contribution in [2.45, 2.75) is 6.92 Å². The summed E-state index contributed by atoms with van der Waals surface area (Å²) in [5.41, 5.74) is 2.22. The van der Waals surface area contributed by atoms with Crippen LogP contribution in [0.25, 0.3) is 0 Å². The van der Waals surface area contributed by atoms with Crippen molar-refractivity contribution in [3.8, 4) is 5.75 Å². The average Bonchev–Trinajstić information content (AvgIpc) is 2.38. The minimum Gasteiger partial charge on any atom is -0.496 e. The topological polar surface area (TPSA) is 26.3 Å². The molecule has 0 unspecified atom stereocenters. The first-order valence-corrected chi connectivity index (χ1v) is 5.94. The number of hydrogen-bond acceptors (Lipinski definition) is 2. The molecule has 0 fully saturated rings. The molecule has 18 heavy (non-hydrogen) atoms. The third-order valence-electron chi connectivity index (χ3n) is 2.76. The summed E-state index contributed by atoms with van der Waals surface area (Å²) < 4.78 is 5.17. The highest BCUT2D eigenvalue weighted by Gasteiger charge is 2.10.